The van der Waals surface area contributed by atoms with Crippen LogP contribution in [0, 0.1) is 6.92 Å². The summed E-state index contributed by atoms with van der Waals surface area (Å²) in [7, 11) is 1.63. The van der Waals surface area contributed by atoms with Crippen LogP contribution in [0.25, 0.3) is 0 Å². The Hall–Kier alpha value is -1.89. The summed E-state index contributed by atoms with van der Waals surface area (Å²) in [5, 5.41) is 9.44. The van der Waals surface area contributed by atoms with Gasteiger partial charge in [0.15, 0.2) is 5.82 Å². The highest BCUT2D eigenvalue weighted by molar-refractivity contribution is 5.94. The van der Waals surface area contributed by atoms with E-state index >= 15 is 0 Å². The molecule has 110 valence electrons. The maximum Gasteiger partial charge on any atom is 0.245 e. The zero-order valence-corrected chi connectivity index (χ0v) is 11.8. The number of likely N-dealkylation sites (N-methyl/N-ethyl adjacent to an activating group) is 1. The molecule has 7 heteroatoms. The Kier molecular flexibility index (Phi) is 4.73. The van der Waals surface area contributed by atoms with Crippen LogP contribution in [0.4, 0.5) is 5.82 Å². The molecule has 1 fully saturated rings. The molecule has 0 spiro atoms. The van der Waals surface area contributed by atoms with Gasteiger partial charge in [-0.25, -0.2) is 0 Å². The van der Waals surface area contributed by atoms with Crippen molar-refractivity contribution in [1.29, 1.82) is 0 Å². The van der Waals surface area contributed by atoms with Crippen molar-refractivity contribution in [2.45, 2.75) is 32.2 Å². The average molecular weight is 280 g/mol. The van der Waals surface area contributed by atoms with Crippen LogP contribution in [0.5, 0.6) is 0 Å². The van der Waals surface area contributed by atoms with Crippen LogP contribution >= 0.6 is 0 Å². The molecule has 0 aliphatic carbocycles. The Morgan fingerprint density at radius 1 is 1.55 bits per heavy atom. The Bertz CT molecular complexity index is 480. The van der Waals surface area contributed by atoms with E-state index in [2.05, 4.69) is 15.8 Å². The van der Waals surface area contributed by atoms with Gasteiger partial charge in [-0.1, -0.05) is 11.6 Å². The van der Waals surface area contributed by atoms with Gasteiger partial charge in [0.25, 0.3) is 0 Å². The predicted molar refractivity (Wildman–Crippen MR) is 73.1 cm³/mol. The molecule has 0 aromatic carbocycles. The number of amides is 2. The molecule has 0 saturated carbocycles. The highest BCUT2D eigenvalue weighted by Gasteiger charge is 2.24. The smallest absolute Gasteiger partial charge is 0.245 e. The average Bonchev–Trinajstić information content (AvgIpc) is 2.84. The molecule has 0 unspecified atom stereocenters. The van der Waals surface area contributed by atoms with Crippen molar-refractivity contribution in [2.75, 3.05) is 25.5 Å². The summed E-state index contributed by atoms with van der Waals surface area (Å²) in [4.78, 5) is 25.4. The van der Waals surface area contributed by atoms with Crippen molar-refractivity contribution < 1.29 is 14.1 Å². The van der Waals surface area contributed by atoms with Gasteiger partial charge >= 0.3 is 0 Å². The molecule has 0 radical (unpaired) electrons. The Morgan fingerprint density at radius 2 is 2.35 bits per heavy atom. The molecule has 2 N–H and O–H groups in total. The standard InChI is InChI=1S/C13H20N4O3/c1-9-7-11(16-20-9)15-12(18)8-17(2)13(19)10-5-3-4-6-14-10/h7,10,14H,3-6,8H2,1-2H3,(H,15,16,18)/t10-/m1/s1. The number of hydrogen-bond acceptors (Lipinski definition) is 5. The largest absolute Gasteiger partial charge is 0.360 e. The molecule has 7 nitrogen and oxygen atoms in total. The fourth-order valence-corrected chi connectivity index (χ4v) is 2.23. The molecule has 2 amide bonds. The quantitative estimate of drug-likeness (QED) is 0.839. The third kappa shape index (κ3) is 3.80. The summed E-state index contributed by atoms with van der Waals surface area (Å²) >= 11 is 0. The van der Waals surface area contributed by atoms with Gasteiger partial charge < -0.3 is 20.1 Å². The molecule has 1 aliphatic rings. The topological polar surface area (TPSA) is 87.5 Å². The second kappa shape index (κ2) is 6.51. The van der Waals surface area contributed by atoms with Crippen LogP contribution in [0.2, 0.25) is 0 Å². The molecule has 20 heavy (non-hydrogen) atoms. The number of aryl methyl sites for hydroxylation is 1. The molecule has 1 aliphatic heterocycles. The van der Waals surface area contributed by atoms with Crippen LogP contribution in [0.3, 0.4) is 0 Å². The van der Waals surface area contributed by atoms with E-state index in [1.165, 1.54) is 4.90 Å². The fraction of sp³-hybridized carbons (Fsp3) is 0.615. The highest BCUT2D eigenvalue weighted by Crippen LogP contribution is 2.10. The lowest BCUT2D eigenvalue weighted by atomic mass is 10.0. The van der Waals surface area contributed by atoms with E-state index in [9.17, 15) is 9.59 Å². The number of aromatic nitrogens is 1. The summed E-state index contributed by atoms with van der Waals surface area (Å²) in [5.41, 5.74) is 0. The van der Waals surface area contributed by atoms with Crippen molar-refractivity contribution in [3.05, 3.63) is 11.8 Å². The predicted octanol–water partition coefficient (Wildman–Crippen LogP) is 0.522. The minimum absolute atomic E-state index is 0.00290. The molecular formula is C13H20N4O3. The normalized spacial score (nSPS) is 18.6. The van der Waals surface area contributed by atoms with Gasteiger partial charge in [0.05, 0.1) is 12.6 Å². The summed E-state index contributed by atoms with van der Waals surface area (Å²) < 4.78 is 4.86. The van der Waals surface area contributed by atoms with Gasteiger partial charge in [-0.3, -0.25) is 9.59 Å². The van der Waals surface area contributed by atoms with Gasteiger partial charge in [0.2, 0.25) is 11.8 Å². The summed E-state index contributed by atoms with van der Waals surface area (Å²) in [6, 6.07) is 1.46. The first-order chi connectivity index (χ1) is 9.56. The van der Waals surface area contributed by atoms with E-state index < -0.39 is 0 Å². The second-order valence-corrected chi connectivity index (χ2v) is 5.07. The van der Waals surface area contributed by atoms with E-state index in [0.717, 1.165) is 25.8 Å². The minimum Gasteiger partial charge on any atom is -0.360 e. The summed E-state index contributed by atoms with van der Waals surface area (Å²) in [6.45, 7) is 2.60. The number of rotatable bonds is 4. The summed E-state index contributed by atoms with van der Waals surface area (Å²) in [6.07, 6.45) is 2.97. The van der Waals surface area contributed by atoms with E-state index in [4.69, 9.17) is 4.52 Å². The zero-order valence-electron chi connectivity index (χ0n) is 11.8. The molecule has 2 heterocycles. The van der Waals surface area contributed by atoms with E-state index in [1.54, 1.807) is 20.0 Å². The van der Waals surface area contributed by atoms with Gasteiger partial charge in [-0.2, -0.15) is 0 Å². The van der Waals surface area contributed by atoms with E-state index in [-0.39, 0.29) is 24.4 Å². The minimum atomic E-state index is -0.287. The van der Waals surface area contributed by atoms with Crippen LogP contribution in [-0.4, -0.2) is 48.0 Å². The third-order valence-electron chi connectivity index (χ3n) is 3.26. The lowest BCUT2D eigenvalue weighted by Gasteiger charge is -2.27. The summed E-state index contributed by atoms with van der Waals surface area (Å²) in [5.74, 6) is 0.654. The lowest BCUT2D eigenvalue weighted by Crippen LogP contribution is -2.49. The van der Waals surface area contributed by atoms with Gasteiger partial charge in [0, 0.05) is 13.1 Å². The third-order valence-corrected chi connectivity index (χ3v) is 3.26. The molecule has 1 aromatic rings. The van der Waals surface area contributed by atoms with Gasteiger partial charge in [-0.05, 0) is 26.3 Å². The van der Waals surface area contributed by atoms with Crippen LogP contribution in [0.15, 0.2) is 10.6 Å². The van der Waals surface area contributed by atoms with Gasteiger partial charge in [-0.15, -0.1) is 0 Å². The van der Waals surface area contributed by atoms with Crippen molar-refractivity contribution in [1.82, 2.24) is 15.4 Å². The first-order valence-electron chi connectivity index (χ1n) is 6.78. The van der Waals surface area contributed by atoms with Crippen LogP contribution in [0.1, 0.15) is 25.0 Å². The van der Waals surface area contributed by atoms with Crippen molar-refractivity contribution in [3.8, 4) is 0 Å². The van der Waals surface area contributed by atoms with Crippen molar-refractivity contribution in [2.24, 2.45) is 0 Å². The Balaban J connectivity index is 1.82. The van der Waals surface area contributed by atoms with Crippen molar-refractivity contribution in [3.63, 3.8) is 0 Å². The number of hydrogen-bond donors (Lipinski definition) is 2. The maximum atomic E-state index is 12.1. The monoisotopic (exact) mass is 280 g/mol. The SMILES string of the molecule is Cc1cc(NC(=O)CN(C)C(=O)[C@H]2CCCCN2)no1. The number of carbonyl (C=O) groups is 2. The second-order valence-electron chi connectivity index (χ2n) is 5.07. The molecule has 1 aromatic heterocycles. The number of nitrogens with one attached hydrogen (secondary N) is 2. The molecular weight excluding hydrogens is 260 g/mol. The highest BCUT2D eigenvalue weighted by atomic mass is 16.5. The Morgan fingerprint density at radius 3 is 2.95 bits per heavy atom. The lowest BCUT2D eigenvalue weighted by molar-refractivity contribution is -0.135. The zero-order chi connectivity index (χ0) is 14.5. The number of carbonyl (C=O) groups excluding carboxylic acids is 2. The van der Waals surface area contributed by atoms with Gasteiger partial charge in [0.1, 0.15) is 5.76 Å². The van der Waals surface area contributed by atoms with Crippen LogP contribution in [-0.2, 0) is 9.59 Å². The van der Waals surface area contributed by atoms with Crippen molar-refractivity contribution >= 4 is 17.6 Å². The maximum absolute atomic E-state index is 12.1. The number of anilines is 1. The molecule has 1 saturated heterocycles. The molecule has 1 atom stereocenters. The first kappa shape index (κ1) is 14.5. The Labute approximate surface area is 117 Å². The fourth-order valence-electron chi connectivity index (χ4n) is 2.23. The first-order valence-corrected chi connectivity index (χ1v) is 6.78. The van der Waals surface area contributed by atoms with E-state index in [0.29, 0.717) is 11.6 Å². The van der Waals surface area contributed by atoms with Crippen LogP contribution < -0.4 is 10.6 Å². The number of piperidine rings is 1. The molecule has 2 rings (SSSR count). The molecule has 0 bridgehead atoms. The number of nitrogens with zero attached hydrogens (tertiary/aromatic N) is 2. The van der Waals surface area contributed by atoms with E-state index in [1.807, 2.05) is 0 Å².